The molecule has 0 bridgehead atoms. The number of sulfonamides is 1. The van der Waals surface area contributed by atoms with Crippen LogP contribution >= 0.6 is 0 Å². The van der Waals surface area contributed by atoms with Crippen LogP contribution in [0.5, 0.6) is 11.5 Å². The molecule has 128 valence electrons. The molecule has 9 heteroatoms. The standard InChI is InChI=1S/C15H12F3NO4S/c16-15(17,18)23-12-4-1-10(2-5-12)11-3-6-13-14(9-11)24(20,21)19-7-8-22-13/h1-6,9,19H,7-8H2. The molecule has 0 saturated carbocycles. The van der Waals surface area contributed by atoms with Crippen molar-refractivity contribution in [3.63, 3.8) is 0 Å². The minimum atomic E-state index is -4.76. The van der Waals surface area contributed by atoms with Gasteiger partial charge in [0.2, 0.25) is 10.0 Å². The molecule has 0 fully saturated rings. The molecule has 2 aromatic rings. The molecule has 0 amide bonds. The second-order valence-electron chi connectivity index (χ2n) is 4.98. The van der Waals surface area contributed by atoms with E-state index in [0.29, 0.717) is 11.1 Å². The molecule has 1 aliphatic heterocycles. The van der Waals surface area contributed by atoms with Gasteiger partial charge in [-0.25, -0.2) is 13.1 Å². The summed E-state index contributed by atoms with van der Waals surface area (Å²) >= 11 is 0. The molecule has 0 aromatic heterocycles. The summed E-state index contributed by atoms with van der Waals surface area (Å²) < 4.78 is 72.4. The topological polar surface area (TPSA) is 64.6 Å². The van der Waals surface area contributed by atoms with E-state index < -0.39 is 16.4 Å². The molecular formula is C15H12F3NO4S. The maximum atomic E-state index is 12.2. The van der Waals surface area contributed by atoms with E-state index in [0.717, 1.165) is 12.1 Å². The van der Waals surface area contributed by atoms with Gasteiger partial charge in [0, 0.05) is 6.54 Å². The number of benzene rings is 2. The van der Waals surface area contributed by atoms with Crippen LogP contribution in [0.4, 0.5) is 13.2 Å². The van der Waals surface area contributed by atoms with Crippen molar-refractivity contribution in [1.29, 1.82) is 0 Å². The summed E-state index contributed by atoms with van der Waals surface area (Å²) in [4.78, 5) is -0.00637. The van der Waals surface area contributed by atoms with Crippen LogP contribution in [0.15, 0.2) is 47.4 Å². The van der Waals surface area contributed by atoms with Gasteiger partial charge in [-0.2, -0.15) is 0 Å². The molecule has 1 heterocycles. The Balaban J connectivity index is 1.95. The Kier molecular flexibility index (Phi) is 4.14. The predicted molar refractivity (Wildman–Crippen MR) is 79.2 cm³/mol. The lowest BCUT2D eigenvalue weighted by atomic mass is 10.1. The van der Waals surface area contributed by atoms with Crippen LogP contribution < -0.4 is 14.2 Å². The van der Waals surface area contributed by atoms with E-state index in [4.69, 9.17) is 4.74 Å². The minimum Gasteiger partial charge on any atom is -0.491 e. The smallest absolute Gasteiger partial charge is 0.491 e. The van der Waals surface area contributed by atoms with Crippen LogP contribution in [0.25, 0.3) is 11.1 Å². The largest absolute Gasteiger partial charge is 0.573 e. The molecule has 0 spiro atoms. The number of ether oxygens (including phenoxy) is 2. The summed E-state index contributed by atoms with van der Waals surface area (Å²) in [7, 11) is -3.69. The average molecular weight is 359 g/mol. The summed E-state index contributed by atoms with van der Waals surface area (Å²) in [5, 5.41) is 0. The molecule has 2 aromatic carbocycles. The molecular weight excluding hydrogens is 347 g/mol. The van der Waals surface area contributed by atoms with Crippen molar-refractivity contribution in [3.8, 4) is 22.6 Å². The molecule has 0 atom stereocenters. The van der Waals surface area contributed by atoms with E-state index in [-0.39, 0.29) is 29.5 Å². The molecule has 3 rings (SSSR count). The third kappa shape index (κ3) is 3.62. The molecule has 1 aliphatic rings. The molecule has 5 nitrogen and oxygen atoms in total. The van der Waals surface area contributed by atoms with Crippen LogP contribution in [-0.2, 0) is 10.0 Å². The molecule has 1 N–H and O–H groups in total. The summed E-state index contributed by atoms with van der Waals surface area (Å²) in [6.45, 7) is 0.380. The van der Waals surface area contributed by atoms with Gasteiger partial charge in [-0.15, -0.1) is 13.2 Å². The number of hydrogen-bond acceptors (Lipinski definition) is 4. The van der Waals surface area contributed by atoms with Crippen molar-refractivity contribution in [2.45, 2.75) is 11.3 Å². The van der Waals surface area contributed by atoms with Crippen LogP contribution in [0.2, 0.25) is 0 Å². The summed E-state index contributed by atoms with van der Waals surface area (Å²) in [5.74, 6) is -0.112. The first-order chi connectivity index (χ1) is 11.2. The van der Waals surface area contributed by atoms with Crippen LogP contribution in [0, 0.1) is 0 Å². The number of rotatable bonds is 2. The SMILES string of the molecule is O=S1(=O)NCCOc2ccc(-c3ccc(OC(F)(F)F)cc3)cc21. The molecule has 0 saturated heterocycles. The van der Waals surface area contributed by atoms with Gasteiger partial charge in [0.1, 0.15) is 23.0 Å². The average Bonchev–Trinajstić information content (AvgIpc) is 2.65. The zero-order valence-corrected chi connectivity index (χ0v) is 12.9. The van der Waals surface area contributed by atoms with E-state index in [1.165, 1.54) is 24.3 Å². The van der Waals surface area contributed by atoms with Gasteiger partial charge < -0.3 is 9.47 Å². The Bertz CT molecular complexity index is 848. The molecule has 0 unspecified atom stereocenters. The molecule has 24 heavy (non-hydrogen) atoms. The van der Waals surface area contributed by atoms with E-state index in [1.54, 1.807) is 6.07 Å². The van der Waals surface area contributed by atoms with Gasteiger partial charge in [0.25, 0.3) is 0 Å². The van der Waals surface area contributed by atoms with Crippen molar-refractivity contribution in [3.05, 3.63) is 42.5 Å². The van der Waals surface area contributed by atoms with E-state index in [1.807, 2.05) is 0 Å². The van der Waals surface area contributed by atoms with Crippen molar-refractivity contribution in [1.82, 2.24) is 4.72 Å². The van der Waals surface area contributed by atoms with Crippen molar-refractivity contribution >= 4 is 10.0 Å². The lowest BCUT2D eigenvalue weighted by Crippen LogP contribution is -2.24. The normalized spacial score (nSPS) is 16.6. The van der Waals surface area contributed by atoms with Gasteiger partial charge in [0.05, 0.1) is 0 Å². The zero-order chi connectivity index (χ0) is 17.4. The Morgan fingerprint density at radius 3 is 2.38 bits per heavy atom. The fraction of sp³-hybridized carbons (Fsp3) is 0.200. The summed E-state index contributed by atoms with van der Waals surface area (Å²) in [5.41, 5.74) is 1.08. The number of nitrogens with one attached hydrogen (secondary N) is 1. The Morgan fingerprint density at radius 2 is 1.71 bits per heavy atom. The highest BCUT2D eigenvalue weighted by Gasteiger charge is 2.31. The highest BCUT2D eigenvalue weighted by molar-refractivity contribution is 7.89. The summed E-state index contributed by atoms with van der Waals surface area (Å²) in [6.07, 6.45) is -4.76. The van der Waals surface area contributed by atoms with Crippen molar-refractivity contribution in [2.24, 2.45) is 0 Å². The van der Waals surface area contributed by atoms with Gasteiger partial charge >= 0.3 is 6.36 Å². The van der Waals surface area contributed by atoms with Gasteiger partial charge in [-0.1, -0.05) is 18.2 Å². The second-order valence-corrected chi connectivity index (χ2v) is 6.72. The Labute approximate surface area is 136 Å². The third-order valence-electron chi connectivity index (χ3n) is 3.31. The molecule has 0 aliphatic carbocycles. The van der Waals surface area contributed by atoms with Crippen molar-refractivity contribution in [2.75, 3.05) is 13.2 Å². The number of alkyl halides is 3. The highest BCUT2D eigenvalue weighted by atomic mass is 32.2. The van der Waals surface area contributed by atoms with Gasteiger partial charge in [0.15, 0.2) is 0 Å². The maximum Gasteiger partial charge on any atom is 0.573 e. The Hall–Kier alpha value is -2.26. The fourth-order valence-corrected chi connectivity index (χ4v) is 3.46. The minimum absolute atomic E-state index is 0.00637. The lowest BCUT2D eigenvalue weighted by Gasteiger charge is -2.11. The first-order valence-electron chi connectivity index (χ1n) is 6.87. The Morgan fingerprint density at radius 1 is 1.04 bits per heavy atom. The van der Waals surface area contributed by atoms with E-state index >= 15 is 0 Å². The number of halogens is 3. The number of fused-ring (bicyclic) bond motifs is 1. The van der Waals surface area contributed by atoms with Crippen LogP contribution in [0.1, 0.15) is 0 Å². The van der Waals surface area contributed by atoms with Gasteiger partial charge in [-0.3, -0.25) is 0 Å². The van der Waals surface area contributed by atoms with E-state index in [9.17, 15) is 21.6 Å². The first kappa shape index (κ1) is 16.6. The first-order valence-corrected chi connectivity index (χ1v) is 8.36. The number of hydrogen-bond donors (Lipinski definition) is 1. The van der Waals surface area contributed by atoms with Crippen LogP contribution in [0.3, 0.4) is 0 Å². The maximum absolute atomic E-state index is 12.2. The third-order valence-corrected chi connectivity index (χ3v) is 4.79. The van der Waals surface area contributed by atoms with Gasteiger partial charge in [-0.05, 0) is 35.4 Å². The lowest BCUT2D eigenvalue weighted by molar-refractivity contribution is -0.274. The quantitative estimate of drug-likeness (QED) is 0.896. The predicted octanol–water partition coefficient (Wildman–Crippen LogP) is 2.92. The highest BCUT2D eigenvalue weighted by Crippen LogP contribution is 2.32. The summed E-state index contributed by atoms with van der Waals surface area (Å²) in [6, 6.07) is 9.74. The molecule has 0 radical (unpaired) electrons. The van der Waals surface area contributed by atoms with Crippen molar-refractivity contribution < 1.29 is 31.1 Å². The zero-order valence-electron chi connectivity index (χ0n) is 12.1. The van der Waals surface area contributed by atoms with Crippen LogP contribution in [-0.4, -0.2) is 27.9 Å². The monoisotopic (exact) mass is 359 g/mol. The fourth-order valence-electron chi connectivity index (χ4n) is 2.28. The second kappa shape index (κ2) is 5.99. The van der Waals surface area contributed by atoms with E-state index in [2.05, 4.69) is 9.46 Å².